The molecule has 1 aromatic rings. The molecule has 0 amide bonds. The van der Waals surface area contributed by atoms with Crippen molar-refractivity contribution in [3.05, 3.63) is 22.4 Å². The van der Waals surface area contributed by atoms with Gasteiger partial charge in [0.25, 0.3) is 0 Å². The Balaban J connectivity index is 2.31. The van der Waals surface area contributed by atoms with E-state index in [1.54, 1.807) is 11.3 Å². The Morgan fingerprint density at radius 1 is 1.64 bits per heavy atom. The highest BCUT2D eigenvalue weighted by molar-refractivity contribution is 7.07. The normalized spacial score (nSPS) is 13.3. The van der Waals surface area contributed by atoms with Gasteiger partial charge in [-0.15, -0.1) is 0 Å². The zero-order valence-electron chi connectivity index (χ0n) is 6.92. The molecule has 1 rings (SSSR count). The fraction of sp³-hybridized carbons (Fsp3) is 0.556. The standard InChI is InChI=1S/C9H15NS/c1-8(2-4-10)6-9-3-5-11-7-9/h3,5,7-8H,2,4,6,10H2,1H3. The number of thiophene rings is 1. The van der Waals surface area contributed by atoms with Crippen molar-refractivity contribution >= 4 is 11.3 Å². The molecule has 0 saturated carbocycles. The van der Waals surface area contributed by atoms with Crippen LogP contribution in [0.1, 0.15) is 18.9 Å². The van der Waals surface area contributed by atoms with Crippen molar-refractivity contribution in [3.8, 4) is 0 Å². The first-order valence-corrected chi connectivity index (χ1v) is 4.98. The lowest BCUT2D eigenvalue weighted by Crippen LogP contribution is -2.07. The van der Waals surface area contributed by atoms with E-state index in [0.29, 0.717) is 0 Å². The molecule has 2 N–H and O–H groups in total. The van der Waals surface area contributed by atoms with Gasteiger partial charge in [-0.2, -0.15) is 11.3 Å². The summed E-state index contributed by atoms with van der Waals surface area (Å²) in [6.45, 7) is 3.07. The van der Waals surface area contributed by atoms with E-state index in [2.05, 4.69) is 23.8 Å². The molecule has 0 spiro atoms. The average molecular weight is 169 g/mol. The first-order chi connectivity index (χ1) is 5.33. The van der Waals surface area contributed by atoms with Crippen LogP contribution in [0.3, 0.4) is 0 Å². The van der Waals surface area contributed by atoms with E-state index in [0.717, 1.165) is 18.9 Å². The molecule has 0 radical (unpaired) electrons. The highest BCUT2D eigenvalue weighted by atomic mass is 32.1. The van der Waals surface area contributed by atoms with E-state index in [4.69, 9.17) is 5.73 Å². The van der Waals surface area contributed by atoms with Gasteiger partial charge in [0.2, 0.25) is 0 Å². The van der Waals surface area contributed by atoms with Gasteiger partial charge in [0.05, 0.1) is 0 Å². The van der Waals surface area contributed by atoms with Gasteiger partial charge in [0.15, 0.2) is 0 Å². The van der Waals surface area contributed by atoms with Gasteiger partial charge in [0, 0.05) is 0 Å². The van der Waals surface area contributed by atoms with Crippen LogP contribution in [0.4, 0.5) is 0 Å². The number of hydrogen-bond donors (Lipinski definition) is 1. The Bertz CT molecular complexity index is 181. The van der Waals surface area contributed by atoms with E-state index in [1.807, 2.05) is 0 Å². The number of nitrogens with two attached hydrogens (primary N) is 1. The van der Waals surface area contributed by atoms with Crippen molar-refractivity contribution in [1.82, 2.24) is 0 Å². The lowest BCUT2D eigenvalue weighted by Gasteiger charge is -2.07. The lowest BCUT2D eigenvalue weighted by molar-refractivity contribution is 0.539. The maximum atomic E-state index is 5.46. The van der Waals surface area contributed by atoms with Crippen molar-refractivity contribution in [2.75, 3.05) is 6.54 Å². The molecule has 1 heterocycles. The molecule has 1 nitrogen and oxygen atoms in total. The zero-order valence-corrected chi connectivity index (χ0v) is 7.73. The van der Waals surface area contributed by atoms with Crippen LogP contribution in [0.5, 0.6) is 0 Å². The molecule has 0 bridgehead atoms. The zero-order chi connectivity index (χ0) is 8.10. The molecule has 0 fully saturated rings. The molecular formula is C9H15NS. The molecule has 0 aromatic carbocycles. The van der Waals surface area contributed by atoms with Gasteiger partial charge < -0.3 is 5.73 Å². The van der Waals surface area contributed by atoms with Gasteiger partial charge in [-0.25, -0.2) is 0 Å². The van der Waals surface area contributed by atoms with Gasteiger partial charge in [-0.3, -0.25) is 0 Å². The molecule has 2 heteroatoms. The maximum absolute atomic E-state index is 5.46. The molecule has 0 aliphatic carbocycles. The summed E-state index contributed by atoms with van der Waals surface area (Å²) in [6, 6.07) is 2.19. The lowest BCUT2D eigenvalue weighted by atomic mass is 10.0. The Hall–Kier alpha value is -0.340. The quantitative estimate of drug-likeness (QED) is 0.735. The second-order valence-corrected chi connectivity index (χ2v) is 3.80. The molecule has 62 valence electrons. The average Bonchev–Trinajstić information content (AvgIpc) is 2.40. The smallest absolute Gasteiger partial charge is 0.00612 e. The van der Waals surface area contributed by atoms with Crippen LogP contribution in [-0.4, -0.2) is 6.54 Å². The molecular weight excluding hydrogens is 154 g/mol. The monoisotopic (exact) mass is 169 g/mol. The topological polar surface area (TPSA) is 26.0 Å². The fourth-order valence-corrected chi connectivity index (χ4v) is 1.88. The van der Waals surface area contributed by atoms with Crippen LogP contribution in [0.2, 0.25) is 0 Å². The molecule has 0 aliphatic heterocycles. The largest absolute Gasteiger partial charge is 0.330 e. The van der Waals surface area contributed by atoms with Crippen molar-refractivity contribution in [2.45, 2.75) is 19.8 Å². The number of rotatable bonds is 4. The van der Waals surface area contributed by atoms with Gasteiger partial charge in [-0.1, -0.05) is 6.92 Å². The molecule has 1 aromatic heterocycles. The van der Waals surface area contributed by atoms with Crippen molar-refractivity contribution in [1.29, 1.82) is 0 Å². The summed E-state index contributed by atoms with van der Waals surface area (Å²) in [5.41, 5.74) is 6.92. The minimum atomic E-state index is 0.731. The van der Waals surface area contributed by atoms with Crippen LogP contribution in [0.25, 0.3) is 0 Å². The Morgan fingerprint density at radius 3 is 3.00 bits per heavy atom. The van der Waals surface area contributed by atoms with Gasteiger partial charge in [-0.05, 0) is 47.7 Å². The van der Waals surface area contributed by atoms with Crippen LogP contribution in [0.15, 0.2) is 16.8 Å². The first-order valence-electron chi connectivity index (χ1n) is 4.04. The third kappa shape index (κ3) is 3.04. The summed E-state index contributed by atoms with van der Waals surface area (Å²) < 4.78 is 0. The Kier molecular flexibility index (Phi) is 3.60. The summed E-state index contributed by atoms with van der Waals surface area (Å²) in [5, 5.41) is 4.34. The third-order valence-corrected chi connectivity index (χ3v) is 2.56. The van der Waals surface area contributed by atoms with E-state index in [1.165, 1.54) is 12.0 Å². The van der Waals surface area contributed by atoms with E-state index >= 15 is 0 Å². The summed E-state index contributed by atoms with van der Waals surface area (Å²) in [4.78, 5) is 0. The molecule has 0 saturated heterocycles. The van der Waals surface area contributed by atoms with Crippen molar-refractivity contribution in [3.63, 3.8) is 0 Å². The molecule has 1 unspecified atom stereocenters. The van der Waals surface area contributed by atoms with Crippen LogP contribution in [0, 0.1) is 5.92 Å². The highest BCUT2D eigenvalue weighted by Gasteiger charge is 2.01. The predicted octanol–water partition coefficient (Wildman–Crippen LogP) is 2.28. The third-order valence-electron chi connectivity index (χ3n) is 1.82. The van der Waals surface area contributed by atoms with Crippen molar-refractivity contribution in [2.24, 2.45) is 11.7 Å². The molecule has 1 atom stereocenters. The number of hydrogen-bond acceptors (Lipinski definition) is 2. The van der Waals surface area contributed by atoms with Crippen LogP contribution in [-0.2, 0) is 6.42 Å². The Labute approximate surface area is 72.2 Å². The van der Waals surface area contributed by atoms with Crippen LogP contribution >= 0.6 is 11.3 Å². The summed E-state index contributed by atoms with van der Waals surface area (Å²) in [7, 11) is 0. The summed E-state index contributed by atoms with van der Waals surface area (Å²) >= 11 is 1.77. The fourth-order valence-electron chi connectivity index (χ4n) is 1.20. The predicted molar refractivity (Wildman–Crippen MR) is 50.9 cm³/mol. The second-order valence-electron chi connectivity index (χ2n) is 3.02. The maximum Gasteiger partial charge on any atom is -0.00612 e. The van der Waals surface area contributed by atoms with E-state index in [-0.39, 0.29) is 0 Å². The second kappa shape index (κ2) is 4.52. The minimum Gasteiger partial charge on any atom is -0.330 e. The van der Waals surface area contributed by atoms with E-state index < -0.39 is 0 Å². The molecule has 11 heavy (non-hydrogen) atoms. The van der Waals surface area contributed by atoms with E-state index in [9.17, 15) is 0 Å². The minimum absolute atomic E-state index is 0.731. The molecule has 0 aliphatic rings. The summed E-state index contributed by atoms with van der Waals surface area (Å²) in [5.74, 6) is 0.731. The SMILES string of the molecule is CC(CCN)Cc1ccsc1. The van der Waals surface area contributed by atoms with Crippen molar-refractivity contribution < 1.29 is 0 Å². The summed E-state index contributed by atoms with van der Waals surface area (Å²) in [6.07, 6.45) is 2.32. The van der Waals surface area contributed by atoms with Crippen LogP contribution < -0.4 is 5.73 Å². The van der Waals surface area contributed by atoms with Gasteiger partial charge >= 0.3 is 0 Å². The first kappa shape index (κ1) is 8.75. The highest BCUT2D eigenvalue weighted by Crippen LogP contribution is 2.13. The Morgan fingerprint density at radius 2 is 2.45 bits per heavy atom. The van der Waals surface area contributed by atoms with Gasteiger partial charge in [0.1, 0.15) is 0 Å².